The van der Waals surface area contributed by atoms with Crippen molar-refractivity contribution in [1.29, 1.82) is 5.26 Å². The fourth-order valence-corrected chi connectivity index (χ4v) is 2.74. The molecular formula is C16H16N2O4S. The summed E-state index contributed by atoms with van der Waals surface area (Å²) in [5.74, 6) is 0.483. The number of aryl methyl sites for hydroxylation is 1. The summed E-state index contributed by atoms with van der Waals surface area (Å²) in [7, 11) is -0.855. The van der Waals surface area contributed by atoms with Crippen molar-refractivity contribution < 1.29 is 17.3 Å². The summed E-state index contributed by atoms with van der Waals surface area (Å²) in [6.45, 7) is 0. The summed E-state index contributed by atoms with van der Waals surface area (Å²) in [5.41, 5.74) is 2.80. The van der Waals surface area contributed by atoms with Crippen LogP contribution in [0.4, 0.5) is 0 Å². The Morgan fingerprint density at radius 2 is 1.91 bits per heavy atom. The number of rotatable bonds is 6. The van der Waals surface area contributed by atoms with Gasteiger partial charge in [-0.25, -0.2) is 4.98 Å². The van der Waals surface area contributed by atoms with Crippen LogP contribution in [-0.2, 0) is 20.7 Å². The number of benzene rings is 1. The zero-order valence-electron chi connectivity index (χ0n) is 12.8. The van der Waals surface area contributed by atoms with Gasteiger partial charge in [-0.3, -0.25) is 4.18 Å². The lowest BCUT2D eigenvalue weighted by Crippen LogP contribution is -2.10. The van der Waals surface area contributed by atoms with E-state index in [1.807, 2.05) is 18.2 Å². The molecule has 0 aliphatic heterocycles. The van der Waals surface area contributed by atoms with Gasteiger partial charge >= 0.3 is 0 Å². The maximum Gasteiger partial charge on any atom is 0.267 e. The van der Waals surface area contributed by atoms with Crippen LogP contribution in [0.3, 0.4) is 0 Å². The van der Waals surface area contributed by atoms with Gasteiger partial charge in [0, 0.05) is 11.8 Å². The molecule has 0 unspecified atom stereocenters. The second-order valence-corrected chi connectivity index (χ2v) is 6.61. The van der Waals surface area contributed by atoms with Crippen LogP contribution < -0.4 is 4.74 Å². The first-order chi connectivity index (χ1) is 11.0. The highest BCUT2D eigenvalue weighted by Gasteiger charge is 2.13. The Labute approximate surface area is 135 Å². The first-order valence-electron chi connectivity index (χ1n) is 6.81. The Morgan fingerprint density at radius 3 is 2.48 bits per heavy atom. The van der Waals surface area contributed by atoms with Crippen LogP contribution in [0.2, 0.25) is 0 Å². The van der Waals surface area contributed by atoms with Gasteiger partial charge in [-0.1, -0.05) is 6.07 Å². The van der Waals surface area contributed by atoms with Crippen LogP contribution in [0, 0.1) is 11.3 Å². The van der Waals surface area contributed by atoms with E-state index in [0.29, 0.717) is 11.4 Å². The second kappa shape index (κ2) is 7.22. The zero-order valence-corrected chi connectivity index (χ0v) is 13.6. The Morgan fingerprint density at radius 1 is 1.17 bits per heavy atom. The van der Waals surface area contributed by atoms with Crippen LogP contribution in [0.15, 0.2) is 36.5 Å². The summed E-state index contributed by atoms with van der Waals surface area (Å²) in [5, 5.41) is 8.78. The molecule has 120 valence electrons. The Bertz CT molecular complexity index is 824. The van der Waals surface area contributed by atoms with E-state index in [1.54, 1.807) is 24.4 Å². The van der Waals surface area contributed by atoms with Gasteiger partial charge in [-0.05, 0) is 41.8 Å². The third kappa shape index (κ3) is 4.28. The van der Waals surface area contributed by atoms with Gasteiger partial charge in [-0.2, -0.15) is 13.7 Å². The van der Waals surface area contributed by atoms with E-state index in [9.17, 15) is 8.42 Å². The number of methoxy groups -OCH3 is 1. The van der Waals surface area contributed by atoms with E-state index in [2.05, 4.69) is 9.17 Å². The van der Waals surface area contributed by atoms with Crippen molar-refractivity contribution in [1.82, 2.24) is 4.98 Å². The predicted octanol–water partition coefficient (Wildman–Crippen LogP) is 2.15. The van der Waals surface area contributed by atoms with Crippen molar-refractivity contribution >= 4 is 10.1 Å². The van der Waals surface area contributed by atoms with Gasteiger partial charge < -0.3 is 4.74 Å². The molecule has 0 spiro atoms. The van der Waals surface area contributed by atoms with E-state index in [0.717, 1.165) is 23.8 Å². The number of ether oxygens (including phenoxy) is 1. The van der Waals surface area contributed by atoms with Crippen LogP contribution in [-0.4, -0.2) is 33.4 Å². The third-order valence-corrected chi connectivity index (χ3v) is 4.58. The molecule has 2 aromatic rings. The van der Waals surface area contributed by atoms with Crippen molar-refractivity contribution in [3.63, 3.8) is 0 Å². The minimum atomic E-state index is -3.53. The molecule has 7 heteroatoms. The highest BCUT2D eigenvalue weighted by atomic mass is 32.2. The lowest BCUT2D eigenvalue weighted by atomic mass is 10.0. The quantitative estimate of drug-likeness (QED) is 0.753. The Balaban J connectivity index is 2.32. The average molecular weight is 332 g/mol. The number of hydrogen-bond acceptors (Lipinski definition) is 6. The molecule has 0 aliphatic rings. The highest BCUT2D eigenvalue weighted by molar-refractivity contribution is 7.86. The molecule has 1 heterocycles. The summed E-state index contributed by atoms with van der Waals surface area (Å²) >= 11 is 0. The number of hydrogen-bond donors (Lipinski definition) is 0. The average Bonchev–Trinajstić information content (AvgIpc) is 2.60. The standard InChI is InChI=1S/C16H16N2O4S/c1-21-16-6-4-12(14-3-5-15(10-17)18-11-14)9-13(16)7-8-23(19,20)22-2/h3-6,9,11H,7-8H2,1-2H3. The molecule has 0 amide bonds. The van der Waals surface area contributed by atoms with Gasteiger partial charge in [0.05, 0.1) is 20.0 Å². The number of pyridine rings is 1. The van der Waals surface area contributed by atoms with E-state index < -0.39 is 10.1 Å². The van der Waals surface area contributed by atoms with Gasteiger partial charge in [0.1, 0.15) is 17.5 Å². The summed E-state index contributed by atoms with van der Waals surface area (Å²) < 4.78 is 32.7. The second-order valence-electron chi connectivity index (χ2n) is 4.75. The molecule has 1 aromatic carbocycles. The van der Waals surface area contributed by atoms with Crippen molar-refractivity contribution in [3.05, 3.63) is 47.8 Å². The van der Waals surface area contributed by atoms with E-state index >= 15 is 0 Å². The molecule has 6 nitrogen and oxygen atoms in total. The highest BCUT2D eigenvalue weighted by Crippen LogP contribution is 2.27. The Hall–Kier alpha value is -2.43. The van der Waals surface area contributed by atoms with Crippen LogP contribution in [0.25, 0.3) is 11.1 Å². The number of nitrogens with zero attached hydrogens (tertiary/aromatic N) is 2. The van der Waals surface area contributed by atoms with Crippen LogP contribution >= 0.6 is 0 Å². The molecule has 0 radical (unpaired) electrons. The molecule has 0 atom stereocenters. The van der Waals surface area contributed by atoms with Gasteiger partial charge in [-0.15, -0.1) is 0 Å². The van der Waals surface area contributed by atoms with Crippen molar-refractivity contribution in [2.45, 2.75) is 6.42 Å². The molecule has 23 heavy (non-hydrogen) atoms. The first-order valence-corrected chi connectivity index (χ1v) is 8.38. The fraction of sp³-hybridized carbons (Fsp3) is 0.250. The smallest absolute Gasteiger partial charge is 0.267 e. The number of nitriles is 1. The molecule has 0 fully saturated rings. The van der Waals surface area contributed by atoms with Gasteiger partial charge in [0.25, 0.3) is 10.1 Å². The van der Waals surface area contributed by atoms with Gasteiger partial charge in [0.15, 0.2) is 0 Å². The summed E-state index contributed by atoms with van der Waals surface area (Å²) in [6.07, 6.45) is 1.88. The SMILES string of the molecule is COc1ccc(-c2ccc(C#N)nc2)cc1CCS(=O)(=O)OC. The maximum absolute atomic E-state index is 11.5. The zero-order chi connectivity index (χ0) is 16.9. The number of aromatic nitrogens is 1. The van der Waals surface area contributed by atoms with Crippen LogP contribution in [0.1, 0.15) is 11.3 Å². The minimum absolute atomic E-state index is 0.130. The van der Waals surface area contributed by atoms with E-state index in [-0.39, 0.29) is 12.2 Å². The largest absolute Gasteiger partial charge is 0.496 e. The third-order valence-electron chi connectivity index (χ3n) is 3.37. The first kappa shape index (κ1) is 16.9. The van der Waals surface area contributed by atoms with Crippen LogP contribution in [0.5, 0.6) is 5.75 Å². The lowest BCUT2D eigenvalue weighted by molar-refractivity contribution is 0.396. The molecule has 0 saturated heterocycles. The molecule has 0 saturated carbocycles. The molecule has 2 rings (SSSR count). The summed E-state index contributed by atoms with van der Waals surface area (Å²) in [4.78, 5) is 4.04. The predicted molar refractivity (Wildman–Crippen MR) is 85.4 cm³/mol. The molecule has 1 aromatic heterocycles. The monoisotopic (exact) mass is 332 g/mol. The maximum atomic E-state index is 11.5. The van der Waals surface area contributed by atoms with E-state index in [4.69, 9.17) is 10.00 Å². The molecule has 0 bridgehead atoms. The van der Waals surface area contributed by atoms with E-state index in [1.165, 1.54) is 7.11 Å². The van der Waals surface area contributed by atoms with Gasteiger partial charge in [0.2, 0.25) is 0 Å². The minimum Gasteiger partial charge on any atom is -0.496 e. The normalized spacial score (nSPS) is 11.0. The Kier molecular flexibility index (Phi) is 5.32. The molecular weight excluding hydrogens is 316 g/mol. The van der Waals surface area contributed by atoms with Crippen molar-refractivity contribution in [3.8, 4) is 22.9 Å². The van der Waals surface area contributed by atoms with Crippen molar-refractivity contribution in [2.24, 2.45) is 0 Å². The topological polar surface area (TPSA) is 89.3 Å². The molecule has 0 N–H and O–H groups in total. The fourth-order valence-electron chi connectivity index (χ4n) is 2.10. The van der Waals surface area contributed by atoms with Crippen molar-refractivity contribution in [2.75, 3.05) is 20.0 Å². The lowest BCUT2D eigenvalue weighted by Gasteiger charge is -2.11. The summed E-state index contributed by atoms with van der Waals surface area (Å²) in [6, 6.07) is 10.9. The molecule has 0 aliphatic carbocycles.